The molecule has 1 aliphatic rings. The molecule has 1 saturated heterocycles. The number of halogens is 1. The van der Waals surface area contributed by atoms with Crippen LogP contribution < -0.4 is 0 Å². The zero-order valence-electron chi connectivity index (χ0n) is 6.63. The molecule has 0 aromatic carbocycles. The van der Waals surface area contributed by atoms with E-state index in [0.29, 0.717) is 5.92 Å². The summed E-state index contributed by atoms with van der Waals surface area (Å²) < 4.78 is 6.83. The molecule has 0 aromatic heterocycles. The largest absolute Gasteiger partial charge is 0.430 e. The highest BCUT2D eigenvalue weighted by Gasteiger charge is 2.32. The van der Waals surface area contributed by atoms with Gasteiger partial charge in [-0.05, 0) is 28.5 Å². The maximum Gasteiger partial charge on any atom is 0.314 e. The summed E-state index contributed by atoms with van der Waals surface area (Å²) in [5.74, 6) is 1.21. The molecule has 1 aliphatic heterocycles. The number of ether oxygens (including phenoxy) is 1. The predicted molar refractivity (Wildman–Crippen MR) is 51.1 cm³/mol. The lowest BCUT2D eigenvalue weighted by molar-refractivity contribution is -0.140. The molecule has 0 spiro atoms. The summed E-state index contributed by atoms with van der Waals surface area (Å²) >= 11 is 2.09. The van der Waals surface area contributed by atoms with Crippen molar-refractivity contribution in [3.8, 4) is 0 Å². The van der Waals surface area contributed by atoms with Crippen LogP contribution in [0.1, 0.15) is 20.3 Å². The number of hydrogen-bond acceptors (Lipinski definition) is 2. The van der Waals surface area contributed by atoms with E-state index in [-0.39, 0.29) is 11.9 Å². The van der Waals surface area contributed by atoms with Crippen molar-refractivity contribution in [2.45, 2.75) is 20.3 Å². The topological polar surface area (TPSA) is 26.3 Å². The van der Waals surface area contributed by atoms with Gasteiger partial charge in [0.15, 0.2) is 0 Å². The van der Waals surface area contributed by atoms with Gasteiger partial charge in [-0.15, -0.1) is 0 Å². The van der Waals surface area contributed by atoms with Crippen LogP contribution in [0, 0.1) is 11.8 Å². The van der Waals surface area contributed by atoms with Crippen molar-refractivity contribution < 1.29 is 9.53 Å². The number of carbonyl (C=O) groups excluding carboxylic acids is 1. The molecule has 2 nitrogen and oxygen atoms in total. The first-order valence-electron chi connectivity index (χ1n) is 3.66. The third kappa shape index (κ3) is 1.95. The van der Waals surface area contributed by atoms with Gasteiger partial charge >= 0.3 is 5.97 Å². The van der Waals surface area contributed by atoms with Crippen LogP contribution in [0.3, 0.4) is 0 Å². The lowest BCUT2D eigenvalue weighted by Crippen LogP contribution is -2.13. The second-order valence-corrected chi connectivity index (χ2v) is 3.67. The highest BCUT2D eigenvalue weighted by atomic mass is 127. The molecule has 1 heterocycles. The van der Waals surface area contributed by atoms with Crippen molar-refractivity contribution in [1.82, 2.24) is 0 Å². The molecule has 0 N–H and O–H groups in total. The maximum absolute atomic E-state index is 11.1. The van der Waals surface area contributed by atoms with E-state index in [9.17, 15) is 4.79 Å². The first-order valence-corrected chi connectivity index (χ1v) is 4.90. The van der Waals surface area contributed by atoms with Crippen LogP contribution in [0.2, 0.25) is 0 Å². The van der Waals surface area contributed by atoms with Gasteiger partial charge < -0.3 is 4.74 Å². The molecule has 0 amide bonds. The number of hydrogen-bond donors (Lipinski definition) is 0. The Balaban J connectivity index is 2.66. The molecule has 1 atom stereocenters. The second kappa shape index (κ2) is 3.56. The van der Waals surface area contributed by atoms with Gasteiger partial charge in [0.05, 0.1) is 5.92 Å². The van der Waals surface area contributed by atoms with Crippen LogP contribution in [-0.4, -0.2) is 5.97 Å². The Hall–Kier alpha value is -0.0600. The van der Waals surface area contributed by atoms with Crippen LogP contribution >= 0.6 is 22.6 Å². The number of carbonyl (C=O) groups is 1. The molecule has 0 radical (unpaired) electrons. The van der Waals surface area contributed by atoms with Gasteiger partial charge in [0.2, 0.25) is 0 Å². The molecule has 1 rings (SSSR count). The van der Waals surface area contributed by atoms with Crippen molar-refractivity contribution in [2.75, 3.05) is 0 Å². The van der Waals surface area contributed by atoms with E-state index in [1.165, 1.54) is 0 Å². The summed E-state index contributed by atoms with van der Waals surface area (Å²) in [6.45, 7) is 4.09. The molecule has 0 bridgehead atoms. The van der Waals surface area contributed by atoms with Gasteiger partial charge in [-0.1, -0.05) is 13.8 Å². The van der Waals surface area contributed by atoms with Gasteiger partial charge in [-0.25, -0.2) is 0 Å². The van der Waals surface area contributed by atoms with Crippen molar-refractivity contribution >= 4 is 28.6 Å². The van der Waals surface area contributed by atoms with E-state index < -0.39 is 0 Å². The molecule has 1 unspecified atom stereocenters. The van der Waals surface area contributed by atoms with Crippen LogP contribution in [0.25, 0.3) is 0 Å². The molecule has 11 heavy (non-hydrogen) atoms. The van der Waals surface area contributed by atoms with E-state index in [4.69, 9.17) is 4.74 Å². The quantitative estimate of drug-likeness (QED) is 0.538. The first kappa shape index (κ1) is 9.03. The molecular weight excluding hydrogens is 255 g/mol. The average Bonchev–Trinajstić information content (AvgIpc) is 2.30. The van der Waals surface area contributed by atoms with E-state index >= 15 is 0 Å². The SMILES string of the molecule is CC(C)C1CC(=CI)OC1=O. The third-order valence-electron chi connectivity index (χ3n) is 1.88. The van der Waals surface area contributed by atoms with Gasteiger partial charge in [0.1, 0.15) is 5.76 Å². The summed E-state index contributed by atoms with van der Waals surface area (Å²) in [6, 6.07) is 0. The molecule has 0 saturated carbocycles. The van der Waals surface area contributed by atoms with E-state index in [1.54, 1.807) is 0 Å². The van der Waals surface area contributed by atoms with Gasteiger partial charge in [0, 0.05) is 10.5 Å². The molecule has 3 heteroatoms. The smallest absolute Gasteiger partial charge is 0.314 e. The Morgan fingerprint density at radius 3 is 2.64 bits per heavy atom. The predicted octanol–water partition coefficient (Wildman–Crippen LogP) is 2.48. The molecule has 62 valence electrons. The molecule has 0 aromatic rings. The molecule has 1 fully saturated rings. The third-order valence-corrected chi connectivity index (χ3v) is 2.58. The van der Waals surface area contributed by atoms with Crippen molar-refractivity contribution in [1.29, 1.82) is 0 Å². The first-order chi connectivity index (χ1) is 5.15. The fourth-order valence-electron chi connectivity index (χ4n) is 1.12. The summed E-state index contributed by atoms with van der Waals surface area (Å²) in [5, 5.41) is 0. The number of esters is 1. The zero-order valence-corrected chi connectivity index (χ0v) is 8.79. The van der Waals surface area contributed by atoms with Crippen molar-refractivity contribution in [3.05, 3.63) is 9.84 Å². The number of cyclic esters (lactones) is 1. The normalized spacial score (nSPS) is 28.2. The van der Waals surface area contributed by atoms with Gasteiger partial charge in [-0.3, -0.25) is 4.79 Å². The minimum Gasteiger partial charge on any atom is -0.430 e. The molecular formula is C8H11IO2. The van der Waals surface area contributed by atoms with Crippen molar-refractivity contribution in [3.63, 3.8) is 0 Å². The minimum atomic E-state index is -0.0667. The van der Waals surface area contributed by atoms with Crippen LogP contribution in [-0.2, 0) is 9.53 Å². The lowest BCUT2D eigenvalue weighted by Gasteiger charge is -2.06. The monoisotopic (exact) mass is 266 g/mol. The molecule has 0 aliphatic carbocycles. The van der Waals surface area contributed by atoms with Crippen LogP contribution in [0.5, 0.6) is 0 Å². The Bertz CT molecular complexity index is 196. The standard InChI is InChI=1S/C8H11IO2/c1-5(2)7-3-6(4-9)11-8(7)10/h4-5,7H,3H2,1-2H3. The number of allylic oxidation sites excluding steroid dienone is 1. The highest BCUT2D eigenvalue weighted by molar-refractivity contribution is 14.1. The Morgan fingerprint density at radius 2 is 2.36 bits per heavy atom. The maximum atomic E-state index is 11.1. The number of rotatable bonds is 1. The second-order valence-electron chi connectivity index (χ2n) is 3.05. The Labute approximate surface area is 80.1 Å². The average molecular weight is 266 g/mol. The fraction of sp³-hybridized carbons (Fsp3) is 0.625. The van der Waals surface area contributed by atoms with Crippen molar-refractivity contribution in [2.24, 2.45) is 11.8 Å². The van der Waals surface area contributed by atoms with Gasteiger partial charge in [-0.2, -0.15) is 0 Å². The van der Waals surface area contributed by atoms with Crippen LogP contribution in [0.4, 0.5) is 0 Å². The van der Waals surface area contributed by atoms with E-state index in [0.717, 1.165) is 12.2 Å². The summed E-state index contributed by atoms with van der Waals surface area (Å²) in [4.78, 5) is 11.1. The van der Waals surface area contributed by atoms with E-state index in [1.807, 2.05) is 17.9 Å². The lowest BCUT2D eigenvalue weighted by atomic mass is 9.94. The summed E-state index contributed by atoms with van der Waals surface area (Å²) in [6.07, 6.45) is 0.777. The van der Waals surface area contributed by atoms with Gasteiger partial charge in [0.25, 0.3) is 0 Å². The summed E-state index contributed by atoms with van der Waals surface area (Å²) in [5.41, 5.74) is 0. The fourth-order valence-corrected chi connectivity index (χ4v) is 1.50. The van der Waals surface area contributed by atoms with Crippen LogP contribution in [0.15, 0.2) is 9.84 Å². The highest BCUT2D eigenvalue weighted by Crippen LogP contribution is 2.30. The Kier molecular flexibility index (Phi) is 2.92. The zero-order chi connectivity index (χ0) is 8.43. The van der Waals surface area contributed by atoms with E-state index in [2.05, 4.69) is 22.6 Å². The summed E-state index contributed by atoms with van der Waals surface area (Å²) in [7, 11) is 0. The minimum absolute atomic E-state index is 0.0667. The Morgan fingerprint density at radius 1 is 1.73 bits per heavy atom.